The van der Waals surface area contributed by atoms with Gasteiger partial charge in [0, 0.05) is 11.3 Å². The quantitative estimate of drug-likeness (QED) is 0.738. The van der Waals surface area contributed by atoms with Crippen LogP contribution in [0.25, 0.3) is 11.6 Å². The number of nitrogens with zero attached hydrogens (tertiary/aromatic N) is 1. The lowest BCUT2D eigenvalue weighted by molar-refractivity contribution is 0.607. The largest absolute Gasteiger partial charge is 0.284 e. The summed E-state index contributed by atoms with van der Waals surface area (Å²) in [5.41, 5.74) is 8.22. The Morgan fingerprint density at radius 2 is 1.96 bits per heavy atom. The third-order valence-electron chi connectivity index (χ3n) is 4.33. The fourth-order valence-corrected chi connectivity index (χ4v) is 4.69. The highest BCUT2D eigenvalue weighted by atomic mass is 32.2. The van der Waals surface area contributed by atoms with Crippen molar-refractivity contribution in [3.05, 3.63) is 81.3 Å². The molecule has 3 aromatic rings. The van der Waals surface area contributed by atoms with Gasteiger partial charge in [0.25, 0.3) is 0 Å². The van der Waals surface area contributed by atoms with Gasteiger partial charge >= 0.3 is 0 Å². The number of thiazole rings is 1. The first kappa shape index (κ1) is 17.0. The Hall–Kier alpha value is -2.44. The molecule has 0 fully saturated rings. The minimum absolute atomic E-state index is 0.563. The van der Waals surface area contributed by atoms with Gasteiger partial charge in [-0.25, -0.2) is 13.4 Å². The van der Waals surface area contributed by atoms with Crippen molar-refractivity contribution in [2.24, 2.45) is 0 Å². The summed E-state index contributed by atoms with van der Waals surface area (Å²) >= 11 is 1.65. The summed E-state index contributed by atoms with van der Waals surface area (Å²) in [5, 5.41) is 0. The first-order chi connectivity index (χ1) is 12.5. The number of benzene rings is 2. The highest BCUT2D eigenvalue weighted by Crippen LogP contribution is 2.36. The van der Waals surface area contributed by atoms with Crippen molar-refractivity contribution in [2.45, 2.75) is 12.8 Å². The zero-order chi connectivity index (χ0) is 18.1. The Morgan fingerprint density at radius 1 is 1.12 bits per heavy atom. The number of hydrogen-bond acceptors (Lipinski definition) is 4. The number of rotatable bonds is 3. The van der Waals surface area contributed by atoms with Gasteiger partial charge in [0.2, 0.25) is 10.0 Å². The summed E-state index contributed by atoms with van der Waals surface area (Å²) in [6.07, 6.45) is 5.18. The molecule has 0 spiro atoms. The van der Waals surface area contributed by atoms with E-state index in [0.29, 0.717) is 5.69 Å². The summed E-state index contributed by atoms with van der Waals surface area (Å²) in [5.74, 6) is 0. The second-order valence-corrected chi connectivity index (χ2v) is 8.95. The highest BCUT2D eigenvalue weighted by molar-refractivity contribution is 7.92. The van der Waals surface area contributed by atoms with Gasteiger partial charge in [0.1, 0.15) is 0 Å². The Bertz CT molecular complexity index is 1100. The molecule has 0 aliphatic heterocycles. The minimum atomic E-state index is -3.30. The van der Waals surface area contributed by atoms with Gasteiger partial charge in [0.05, 0.1) is 22.3 Å². The van der Waals surface area contributed by atoms with Crippen LogP contribution >= 0.6 is 11.3 Å². The molecule has 0 saturated carbocycles. The highest BCUT2D eigenvalue weighted by Gasteiger charge is 2.20. The van der Waals surface area contributed by atoms with Crippen LogP contribution < -0.4 is 4.72 Å². The molecule has 0 saturated heterocycles. The van der Waals surface area contributed by atoms with Crippen LogP contribution in [0.1, 0.15) is 27.3 Å². The van der Waals surface area contributed by atoms with E-state index in [2.05, 4.69) is 40.0 Å². The topological polar surface area (TPSA) is 59.1 Å². The molecular weight excluding hydrogens is 364 g/mol. The number of sulfonamides is 1. The van der Waals surface area contributed by atoms with Gasteiger partial charge in [-0.3, -0.25) is 4.72 Å². The SMILES string of the molecule is CS(=O)(=O)Nc1cccc(C=C2c3ccccc3CCc3ncsc32)c1. The van der Waals surface area contributed by atoms with Crippen LogP contribution in [0.5, 0.6) is 0 Å². The molecule has 1 aliphatic rings. The molecule has 132 valence electrons. The molecule has 1 aliphatic carbocycles. The molecule has 1 heterocycles. The maximum absolute atomic E-state index is 11.5. The summed E-state index contributed by atoms with van der Waals surface area (Å²) in [6.45, 7) is 0. The third-order valence-corrected chi connectivity index (χ3v) is 5.83. The maximum atomic E-state index is 11.5. The zero-order valence-corrected chi connectivity index (χ0v) is 15.9. The fourth-order valence-electron chi connectivity index (χ4n) is 3.26. The van der Waals surface area contributed by atoms with Gasteiger partial charge < -0.3 is 0 Å². The van der Waals surface area contributed by atoms with Crippen molar-refractivity contribution < 1.29 is 8.42 Å². The Labute approximate surface area is 157 Å². The molecule has 4 nitrogen and oxygen atoms in total. The van der Waals surface area contributed by atoms with E-state index in [1.807, 2.05) is 23.7 Å². The molecule has 1 aromatic heterocycles. The molecule has 4 rings (SSSR count). The second kappa shape index (κ2) is 6.70. The predicted molar refractivity (Wildman–Crippen MR) is 108 cm³/mol. The van der Waals surface area contributed by atoms with Gasteiger partial charge in [-0.15, -0.1) is 11.3 Å². The lowest BCUT2D eigenvalue weighted by Gasteiger charge is -2.10. The average Bonchev–Trinajstić information content (AvgIpc) is 3.00. The molecule has 2 aromatic carbocycles. The molecule has 26 heavy (non-hydrogen) atoms. The van der Waals surface area contributed by atoms with E-state index >= 15 is 0 Å². The molecular formula is C20H18N2O2S2. The third kappa shape index (κ3) is 3.57. The molecule has 6 heteroatoms. The number of aryl methyl sites for hydroxylation is 2. The maximum Gasteiger partial charge on any atom is 0.229 e. The fraction of sp³-hybridized carbons (Fsp3) is 0.150. The second-order valence-electron chi connectivity index (χ2n) is 6.34. The first-order valence-corrected chi connectivity index (χ1v) is 11.1. The van der Waals surface area contributed by atoms with Crippen molar-refractivity contribution in [1.29, 1.82) is 0 Å². The van der Waals surface area contributed by atoms with Crippen LogP contribution in [-0.2, 0) is 22.9 Å². The zero-order valence-electron chi connectivity index (χ0n) is 14.3. The summed E-state index contributed by atoms with van der Waals surface area (Å²) in [7, 11) is -3.30. The molecule has 1 N–H and O–H groups in total. The number of aromatic nitrogens is 1. The molecule has 0 amide bonds. The van der Waals surface area contributed by atoms with Gasteiger partial charge in [-0.05, 0) is 47.7 Å². The van der Waals surface area contributed by atoms with Crippen LogP contribution in [0.15, 0.2) is 54.0 Å². The van der Waals surface area contributed by atoms with Crippen LogP contribution in [0, 0.1) is 0 Å². The smallest absolute Gasteiger partial charge is 0.229 e. The van der Waals surface area contributed by atoms with Crippen LogP contribution in [-0.4, -0.2) is 19.7 Å². The van der Waals surface area contributed by atoms with Crippen molar-refractivity contribution in [1.82, 2.24) is 4.98 Å². The van der Waals surface area contributed by atoms with Gasteiger partial charge in [-0.2, -0.15) is 0 Å². The summed E-state index contributed by atoms with van der Waals surface area (Å²) in [4.78, 5) is 5.73. The van der Waals surface area contributed by atoms with Crippen LogP contribution in [0.3, 0.4) is 0 Å². The van der Waals surface area contributed by atoms with E-state index in [0.717, 1.165) is 35.9 Å². The van der Waals surface area contributed by atoms with Gasteiger partial charge in [-0.1, -0.05) is 36.4 Å². The van der Waals surface area contributed by atoms with Crippen molar-refractivity contribution in [3.8, 4) is 0 Å². The van der Waals surface area contributed by atoms with E-state index in [1.165, 1.54) is 16.0 Å². The standard InChI is InChI=1S/C20H18N2O2S2/c1-26(23,24)22-16-7-4-5-14(11-16)12-18-17-8-3-2-6-15(17)9-10-19-20(18)25-13-21-19/h2-8,11-13,22H,9-10H2,1H3. The van der Waals surface area contributed by atoms with Crippen molar-refractivity contribution >= 4 is 38.7 Å². The Morgan fingerprint density at radius 3 is 2.81 bits per heavy atom. The monoisotopic (exact) mass is 382 g/mol. The van der Waals surface area contributed by atoms with E-state index in [4.69, 9.17) is 0 Å². The summed E-state index contributed by atoms with van der Waals surface area (Å²) < 4.78 is 25.6. The average molecular weight is 383 g/mol. The first-order valence-electron chi connectivity index (χ1n) is 8.30. The lowest BCUT2D eigenvalue weighted by atomic mass is 9.97. The van der Waals surface area contributed by atoms with Crippen molar-refractivity contribution in [3.63, 3.8) is 0 Å². The lowest BCUT2D eigenvalue weighted by Crippen LogP contribution is -2.09. The number of hydrogen-bond donors (Lipinski definition) is 1. The van der Waals surface area contributed by atoms with E-state index < -0.39 is 10.0 Å². The molecule has 0 atom stereocenters. The molecule has 0 unspecified atom stereocenters. The van der Waals surface area contributed by atoms with E-state index in [9.17, 15) is 8.42 Å². The molecule has 0 bridgehead atoms. The normalized spacial score (nSPS) is 15.2. The van der Waals surface area contributed by atoms with Crippen molar-refractivity contribution in [2.75, 3.05) is 11.0 Å². The Balaban J connectivity index is 1.84. The summed E-state index contributed by atoms with van der Waals surface area (Å²) in [6, 6.07) is 15.9. The van der Waals surface area contributed by atoms with Crippen LogP contribution in [0.2, 0.25) is 0 Å². The van der Waals surface area contributed by atoms with E-state index in [-0.39, 0.29) is 0 Å². The number of fused-ring (bicyclic) bond motifs is 2. The van der Waals surface area contributed by atoms with Gasteiger partial charge in [0.15, 0.2) is 0 Å². The van der Waals surface area contributed by atoms with Crippen LogP contribution in [0.4, 0.5) is 5.69 Å². The molecule has 0 radical (unpaired) electrons. The Kier molecular flexibility index (Phi) is 4.38. The minimum Gasteiger partial charge on any atom is -0.284 e. The number of nitrogens with one attached hydrogen (secondary N) is 1. The predicted octanol–water partition coefficient (Wildman–Crippen LogP) is 4.20. The number of anilines is 1. The van der Waals surface area contributed by atoms with E-state index in [1.54, 1.807) is 17.4 Å².